The molecular formula is C27H22ClNO5S. The Hall–Kier alpha value is -3.30. The average Bonchev–Trinajstić information content (AvgIpc) is 2.84. The molecule has 1 aliphatic carbocycles. The van der Waals surface area contributed by atoms with Crippen molar-refractivity contribution >= 4 is 33.2 Å². The molecule has 0 atom stereocenters. The SMILES string of the molecule is C=C(C)C(=O)[NH+]=C1C=CC(=C2C=C(c3ccccc3)SC(c3ccccc3)=C2)C=C1.[O-][Cl+3]([O-])([O-])[O-]. The fourth-order valence-electron chi connectivity index (χ4n) is 3.14. The van der Waals surface area contributed by atoms with Gasteiger partial charge in [0.25, 0.3) is 0 Å². The van der Waals surface area contributed by atoms with Crippen molar-refractivity contribution in [3.8, 4) is 0 Å². The van der Waals surface area contributed by atoms with Crippen LogP contribution in [0.2, 0.25) is 0 Å². The Balaban J connectivity index is 0.000000623. The number of hydrogen-bond donors (Lipinski definition) is 1. The fourth-order valence-corrected chi connectivity index (χ4v) is 4.26. The van der Waals surface area contributed by atoms with E-state index in [1.54, 1.807) is 18.7 Å². The van der Waals surface area contributed by atoms with Crippen LogP contribution in [0.4, 0.5) is 0 Å². The quantitative estimate of drug-likeness (QED) is 0.588. The van der Waals surface area contributed by atoms with Crippen LogP contribution in [-0.4, -0.2) is 11.6 Å². The minimum absolute atomic E-state index is 0.165. The maximum Gasteiger partial charge on any atom is 0.413 e. The van der Waals surface area contributed by atoms with Crippen molar-refractivity contribution in [1.29, 1.82) is 0 Å². The molecule has 8 heteroatoms. The van der Waals surface area contributed by atoms with E-state index in [4.69, 9.17) is 18.6 Å². The molecule has 178 valence electrons. The van der Waals surface area contributed by atoms with Crippen LogP contribution in [0.15, 0.2) is 120 Å². The highest BCUT2D eigenvalue weighted by atomic mass is 35.7. The smallest absolute Gasteiger partial charge is 0.222 e. The monoisotopic (exact) mass is 507 g/mol. The van der Waals surface area contributed by atoms with Gasteiger partial charge in [-0.25, -0.2) is 23.4 Å². The van der Waals surface area contributed by atoms with Crippen LogP contribution in [0, 0.1) is 10.2 Å². The van der Waals surface area contributed by atoms with Crippen LogP contribution in [-0.2, 0) is 4.79 Å². The summed E-state index contributed by atoms with van der Waals surface area (Å²) in [5.41, 5.74) is 5.90. The largest absolute Gasteiger partial charge is 0.413 e. The van der Waals surface area contributed by atoms with Crippen LogP contribution < -0.4 is 23.6 Å². The molecule has 1 amide bonds. The molecule has 2 aromatic rings. The van der Waals surface area contributed by atoms with Crippen LogP contribution in [0.25, 0.3) is 9.81 Å². The van der Waals surface area contributed by atoms with Crippen molar-refractivity contribution in [1.82, 2.24) is 0 Å². The topological polar surface area (TPSA) is 123 Å². The lowest BCUT2D eigenvalue weighted by Crippen LogP contribution is -2.77. The van der Waals surface area contributed by atoms with Gasteiger partial charge in [0.2, 0.25) is 5.71 Å². The molecule has 2 aromatic carbocycles. The Morgan fingerprint density at radius 1 is 0.771 bits per heavy atom. The van der Waals surface area contributed by atoms with Gasteiger partial charge in [0.05, 0.1) is 5.57 Å². The summed E-state index contributed by atoms with van der Waals surface area (Å²) in [5, 5.41) is 0. The van der Waals surface area contributed by atoms with Gasteiger partial charge in [-0.2, -0.15) is 4.99 Å². The molecule has 1 aliphatic heterocycles. The number of allylic oxidation sites excluding steroid dienone is 8. The Morgan fingerprint density at radius 2 is 1.20 bits per heavy atom. The van der Waals surface area contributed by atoms with Crippen LogP contribution in [0.5, 0.6) is 0 Å². The van der Waals surface area contributed by atoms with Gasteiger partial charge in [-0.3, -0.25) is 0 Å². The minimum Gasteiger partial charge on any atom is -0.222 e. The highest BCUT2D eigenvalue weighted by Gasteiger charge is 2.17. The van der Waals surface area contributed by atoms with E-state index in [1.165, 1.54) is 20.9 Å². The van der Waals surface area contributed by atoms with Gasteiger partial charge in [-0.1, -0.05) is 79.0 Å². The first-order valence-electron chi connectivity index (χ1n) is 10.4. The summed E-state index contributed by atoms with van der Waals surface area (Å²) in [6.45, 7) is 5.38. The molecule has 6 nitrogen and oxygen atoms in total. The van der Waals surface area contributed by atoms with E-state index >= 15 is 0 Å². The number of amides is 1. The summed E-state index contributed by atoms with van der Waals surface area (Å²) in [7, 11) is -4.94. The molecule has 0 saturated heterocycles. The molecule has 1 N–H and O–H groups in total. The minimum atomic E-state index is -4.94. The summed E-state index contributed by atoms with van der Waals surface area (Å²) in [6.07, 6.45) is 12.4. The maximum absolute atomic E-state index is 11.9. The highest BCUT2D eigenvalue weighted by Crippen LogP contribution is 2.44. The van der Waals surface area contributed by atoms with E-state index in [0.717, 1.165) is 16.9 Å². The number of carbonyl (C=O) groups excluding carboxylic acids is 1. The number of benzene rings is 2. The third-order valence-corrected chi connectivity index (χ3v) is 5.92. The van der Waals surface area contributed by atoms with Crippen LogP contribution in [0.3, 0.4) is 0 Å². The summed E-state index contributed by atoms with van der Waals surface area (Å²) in [4.78, 5) is 17.1. The standard InChI is InChI=1S/C27H21NOS.ClHO4/c1-19(2)27(29)28-24-15-13-20(14-16-24)23-17-25(21-9-5-3-6-10-21)30-26(18-23)22-11-7-4-8-12-22;2-1(3,4)5/h3-18H,1H2,2H3;(H,2,3,4,5). The van der Waals surface area contributed by atoms with E-state index in [9.17, 15) is 4.79 Å². The van der Waals surface area contributed by atoms with Gasteiger partial charge < -0.3 is 0 Å². The third kappa shape index (κ3) is 8.45. The summed E-state index contributed by atoms with van der Waals surface area (Å²) < 4.78 is 34.0. The van der Waals surface area contributed by atoms with Crippen LogP contribution in [0.1, 0.15) is 18.1 Å². The molecule has 35 heavy (non-hydrogen) atoms. The molecule has 2 aliphatic rings. The lowest BCUT2D eigenvalue weighted by molar-refractivity contribution is -2.00. The number of carbonyl (C=O) groups is 1. The first kappa shape index (κ1) is 26.3. The predicted molar refractivity (Wildman–Crippen MR) is 128 cm³/mol. The molecule has 0 fully saturated rings. The molecule has 0 saturated carbocycles. The van der Waals surface area contributed by atoms with Gasteiger partial charge in [-0.05, 0) is 53.5 Å². The Morgan fingerprint density at radius 3 is 1.60 bits per heavy atom. The van der Waals surface area contributed by atoms with E-state index in [0.29, 0.717) is 5.57 Å². The van der Waals surface area contributed by atoms with E-state index in [-0.39, 0.29) is 5.91 Å². The second-order valence-electron chi connectivity index (χ2n) is 7.50. The molecular weight excluding hydrogens is 486 g/mol. The van der Waals surface area contributed by atoms with Crippen molar-refractivity contribution in [3.63, 3.8) is 0 Å². The van der Waals surface area contributed by atoms with Crippen LogP contribution >= 0.6 is 11.8 Å². The Labute approximate surface area is 210 Å². The van der Waals surface area contributed by atoms with Crippen molar-refractivity contribution in [2.75, 3.05) is 0 Å². The maximum atomic E-state index is 11.9. The van der Waals surface area contributed by atoms with Gasteiger partial charge in [0.1, 0.15) is 0 Å². The molecule has 0 radical (unpaired) electrons. The molecule has 1 heterocycles. The second-order valence-corrected chi connectivity index (χ2v) is 9.34. The molecule has 0 bridgehead atoms. The zero-order valence-electron chi connectivity index (χ0n) is 18.8. The second kappa shape index (κ2) is 11.9. The molecule has 0 spiro atoms. The zero-order valence-corrected chi connectivity index (χ0v) is 20.3. The van der Waals surface area contributed by atoms with Crippen molar-refractivity contribution in [2.45, 2.75) is 6.92 Å². The predicted octanol–water partition coefficient (Wildman–Crippen LogP) is 0.106. The average molecular weight is 508 g/mol. The molecule has 0 unspecified atom stereocenters. The number of thioether (sulfide) groups is 1. The van der Waals surface area contributed by atoms with E-state index < -0.39 is 10.2 Å². The van der Waals surface area contributed by atoms with Gasteiger partial charge in [0.15, 0.2) is 0 Å². The lowest BCUT2D eigenvalue weighted by Gasteiger charge is -2.18. The van der Waals surface area contributed by atoms with E-state index in [2.05, 4.69) is 72.3 Å². The van der Waals surface area contributed by atoms with Gasteiger partial charge in [0, 0.05) is 22.0 Å². The number of hydrogen-bond acceptors (Lipinski definition) is 6. The Bertz CT molecular complexity index is 1200. The number of nitrogens with one attached hydrogen (secondary N) is 1. The van der Waals surface area contributed by atoms with Crippen molar-refractivity contribution < 1.29 is 38.7 Å². The first-order chi connectivity index (χ1) is 16.6. The third-order valence-electron chi connectivity index (χ3n) is 4.77. The normalized spacial score (nSPS) is 15.1. The summed E-state index contributed by atoms with van der Waals surface area (Å²) in [5.74, 6) is -0.165. The fraction of sp³-hybridized carbons (Fsp3) is 0.0370. The zero-order chi connectivity index (χ0) is 25.4. The van der Waals surface area contributed by atoms with Crippen molar-refractivity contribution in [3.05, 3.63) is 132 Å². The lowest BCUT2D eigenvalue weighted by atomic mass is 9.99. The molecule has 4 rings (SSSR count). The summed E-state index contributed by atoms with van der Waals surface area (Å²) in [6, 6.07) is 20.9. The Kier molecular flexibility index (Phi) is 8.95. The number of halogens is 1. The van der Waals surface area contributed by atoms with E-state index in [1.807, 2.05) is 36.4 Å². The number of rotatable bonds is 3. The van der Waals surface area contributed by atoms with Gasteiger partial charge >= 0.3 is 5.91 Å². The molecule has 0 aromatic heterocycles. The van der Waals surface area contributed by atoms with Gasteiger partial charge in [-0.15, -0.1) is 10.2 Å². The highest BCUT2D eigenvalue weighted by molar-refractivity contribution is 8.16. The summed E-state index contributed by atoms with van der Waals surface area (Å²) >= 11 is 1.79. The first-order valence-corrected chi connectivity index (χ1v) is 12.4. The van der Waals surface area contributed by atoms with Crippen molar-refractivity contribution in [2.24, 2.45) is 0 Å².